The Kier molecular flexibility index (Phi) is 6.74. The number of ketones is 1. The molecule has 0 bridgehead atoms. The number of furan rings is 1. The van der Waals surface area contributed by atoms with E-state index in [1.54, 1.807) is 37.5 Å². The highest BCUT2D eigenvalue weighted by molar-refractivity contribution is 6.07. The molecule has 3 aromatic rings. The van der Waals surface area contributed by atoms with Crippen molar-refractivity contribution in [2.45, 2.75) is 20.0 Å². The molecule has 5 nitrogen and oxygen atoms in total. The highest BCUT2D eigenvalue weighted by atomic mass is 16.5. The van der Waals surface area contributed by atoms with Gasteiger partial charge in [-0.15, -0.1) is 0 Å². The molecule has 29 heavy (non-hydrogen) atoms. The summed E-state index contributed by atoms with van der Waals surface area (Å²) in [6.07, 6.45) is 4.10. The highest BCUT2D eigenvalue weighted by Gasteiger charge is 2.09. The van der Waals surface area contributed by atoms with Crippen LogP contribution in [0.4, 0.5) is 0 Å². The minimum atomic E-state index is -0.156. The first-order valence-electron chi connectivity index (χ1n) is 9.37. The zero-order valence-corrected chi connectivity index (χ0v) is 16.8. The van der Waals surface area contributed by atoms with Gasteiger partial charge in [0.25, 0.3) is 0 Å². The molecule has 0 atom stereocenters. The molecule has 0 unspecified atom stereocenters. The third-order valence-electron chi connectivity index (χ3n) is 4.46. The third kappa shape index (κ3) is 5.29. The van der Waals surface area contributed by atoms with E-state index in [2.05, 4.69) is 6.92 Å². The lowest BCUT2D eigenvalue weighted by Crippen LogP contribution is -1.97. The summed E-state index contributed by atoms with van der Waals surface area (Å²) in [6.45, 7) is 2.44. The number of hydrogen-bond donors (Lipinski definition) is 0. The minimum absolute atomic E-state index is 0.156. The van der Waals surface area contributed by atoms with Gasteiger partial charge in [0.05, 0.1) is 14.2 Å². The maximum atomic E-state index is 12.4. The lowest BCUT2D eigenvalue weighted by atomic mass is 10.1. The Hall–Kier alpha value is -3.47. The van der Waals surface area contributed by atoms with E-state index in [0.29, 0.717) is 35.2 Å². The van der Waals surface area contributed by atoms with E-state index in [0.717, 1.165) is 12.2 Å². The van der Waals surface area contributed by atoms with Gasteiger partial charge in [0.2, 0.25) is 0 Å². The standard InChI is InChI=1S/C24H24O5/c1-4-17-5-8-19(9-6-17)28-16-21-11-10-20(29-21)12-13-22(25)18-7-14-23(26-2)24(15-18)27-3/h5-15H,4,16H2,1-3H3/b13-12+. The number of ether oxygens (including phenoxy) is 3. The SMILES string of the molecule is CCc1ccc(OCc2ccc(/C=C/C(=O)c3ccc(OC)c(OC)c3)o2)cc1. The second-order valence-corrected chi connectivity index (χ2v) is 6.36. The van der Waals surface area contributed by atoms with Crippen LogP contribution in [-0.2, 0) is 13.0 Å². The summed E-state index contributed by atoms with van der Waals surface area (Å²) < 4.78 is 21.9. The molecule has 0 saturated heterocycles. The summed E-state index contributed by atoms with van der Waals surface area (Å²) in [7, 11) is 3.09. The van der Waals surface area contributed by atoms with Crippen molar-refractivity contribution in [1.82, 2.24) is 0 Å². The lowest BCUT2D eigenvalue weighted by Gasteiger charge is -2.07. The predicted molar refractivity (Wildman–Crippen MR) is 112 cm³/mol. The lowest BCUT2D eigenvalue weighted by molar-refractivity contribution is 0.104. The van der Waals surface area contributed by atoms with Crippen molar-refractivity contribution in [2.24, 2.45) is 0 Å². The van der Waals surface area contributed by atoms with Crippen LogP contribution in [0.3, 0.4) is 0 Å². The fourth-order valence-electron chi connectivity index (χ4n) is 2.78. The van der Waals surface area contributed by atoms with Gasteiger partial charge in [-0.25, -0.2) is 0 Å². The quantitative estimate of drug-likeness (QED) is 0.364. The van der Waals surface area contributed by atoms with Crippen molar-refractivity contribution in [1.29, 1.82) is 0 Å². The summed E-state index contributed by atoms with van der Waals surface area (Å²) in [5, 5.41) is 0. The molecule has 0 aliphatic carbocycles. The van der Waals surface area contributed by atoms with Gasteiger partial charge < -0.3 is 18.6 Å². The summed E-state index contributed by atoms with van der Waals surface area (Å²) in [4.78, 5) is 12.4. The zero-order valence-electron chi connectivity index (χ0n) is 16.8. The van der Waals surface area contributed by atoms with Crippen molar-refractivity contribution >= 4 is 11.9 Å². The Morgan fingerprint density at radius 1 is 0.966 bits per heavy atom. The largest absolute Gasteiger partial charge is 0.493 e. The molecule has 0 aliphatic rings. The average molecular weight is 392 g/mol. The van der Waals surface area contributed by atoms with Crippen LogP contribution in [0.15, 0.2) is 65.1 Å². The number of carbonyl (C=O) groups excluding carboxylic acids is 1. The summed E-state index contributed by atoms with van der Waals surface area (Å²) >= 11 is 0. The first kappa shape index (κ1) is 20.3. The van der Waals surface area contributed by atoms with Gasteiger partial charge in [0, 0.05) is 5.56 Å². The van der Waals surface area contributed by atoms with E-state index < -0.39 is 0 Å². The molecule has 0 fully saturated rings. The molecule has 1 aromatic heterocycles. The Balaban J connectivity index is 1.60. The van der Waals surface area contributed by atoms with Gasteiger partial charge in [0.1, 0.15) is 23.9 Å². The maximum Gasteiger partial charge on any atom is 0.186 e. The summed E-state index contributed by atoms with van der Waals surface area (Å²) in [5.74, 6) is 2.99. The number of allylic oxidation sites excluding steroid dienone is 1. The molecular formula is C24H24O5. The van der Waals surface area contributed by atoms with Crippen LogP contribution >= 0.6 is 0 Å². The fraction of sp³-hybridized carbons (Fsp3) is 0.208. The van der Waals surface area contributed by atoms with Crippen molar-refractivity contribution in [3.05, 3.63) is 83.3 Å². The van der Waals surface area contributed by atoms with Gasteiger partial charge in [-0.3, -0.25) is 4.79 Å². The van der Waals surface area contributed by atoms with Crippen molar-refractivity contribution < 1.29 is 23.4 Å². The molecule has 0 N–H and O–H groups in total. The van der Waals surface area contributed by atoms with Crippen LogP contribution in [0.1, 0.15) is 34.4 Å². The summed E-state index contributed by atoms with van der Waals surface area (Å²) in [5.41, 5.74) is 1.77. The van der Waals surface area contributed by atoms with Crippen molar-refractivity contribution in [3.8, 4) is 17.2 Å². The topological polar surface area (TPSA) is 57.9 Å². The molecule has 0 spiro atoms. The molecule has 3 rings (SSSR count). The Morgan fingerprint density at radius 2 is 1.72 bits per heavy atom. The number of carbonyl (C=O) groups is 1. The normalized spacial score (nSPS) is 10.9. The smallest absolute Gasteiger partial charge is 0.186 e. The van der Waals surface area contributed by atoms with E-state index in [9.17, 15) is 4.79 Å². The van der Waals surface area contributed by atoms with Crippen molar-refractivity contribution in [2.75, 3.05) is 14.2 Å². The second kappa shape index (κ2) is 9.64. The van der Waals surface area contributed by atoms with Crippen LogP contribution in [0, 0.1) is 0 Å². The molecule has 0 aliphatic heterocycles. The van der Waals surface area contributed by atoms with E-state index in [-0.39, 0.29) is 5.78 Å². The van der Waals surface area contributed by atoms with Crippen molar-refractivity contribution in [3.63, 3.8) is 0 Å². The van der Waals surface area contributed by atoms with Crippen LogP contribution in [0.25, 0.3) is 6.08 Å². The van der Waals surface area contributed by atoms with Gasteiger partial charge in [-0.05, 0) is 66.6 Å². The van der Waals surface area contributed by atoms with Crippen LogP contribution < -0.4 is 14.2 Å². The van der Waals surface area contributed by atoms with Gasteiger partial charge >= 0.3 is 0 Å². The number of methoxy groups -OCH3 is 2. The molecule has 0 radical (unpaired) electrons. The first-order chi connectivity index (χ1) is 14.1. The first-order valence-corrected chi connectivity index (χ1v) is 9.37. The predicted octanol–water partition coefficient (Wildman–Crippen LogP) is 5.33. The molecule has 0 saturated carbocycles. The average Bonchev–Trinajstić information content (AvgIpc) is 3.23. The van der Waals surface area contributed by atoms with E-state index in [4.69, 9.17) is 18.6 Å². The maximum absolute atomic E-state index is 12.4. The number of rotatable bonds is 9. The Labute approximate surface area is 170 Å². The summed E-state index contributed by atoms with van der Waals surface area (Å²) in [6, 6.07) is 16.7. The van der Waals surface area contributed by atoms with Gasteiger partial charge in [0.15, 0.2) is 17.3 Å². The van der Waals surface area contributed by atoms with Crippen LogP contribution in [-0.4, -0.2) is 20.0 Å². The molecule has 0 amide bonds. The molecular weight excluding hydrogens is 368 g/mol. The fourth-order valence-corrected chi connectivity index (χ4v) is 2.78. The van der Waals surface area contributed by atoms with E-state index in [1.807, 2.05) is 30.3 Å². The second-order valence-electron chi connectivity index (χ2n) is 6.36. The van der Waals surface area contributed by atoms with E-state index >= 15 is 0 Å². The van der Waals surface area contributed by atoms with Crippen LogP contribution in [0.5, 0.6) is 17.2 Å². The highest BCUT2D eigenvalue weighted by Crippen LogP contribution is 2.28. The molecule has 5 heteroatoms. The number of benzene rings is 2. The Bertz CT molecular complexity index is 983. The number of hydrogen-bond acceptors (Lipinski definition) is 5. The van der Waals surface area contributed by atoms with Gasteiger partial charge in [-0.1, -0.05) is 19.1 Å². The molecule has 1 heterocycles. The Morgan fingerprint density at radius 3 is 2.41 bits per heavy atom. The van der Waals surface area contributed by atoms with Gasteiger partial charge in [-0.2, -0.15) is 0 Å². The van der Waals surface area contributed by atoms with Crippen LogP contribution in [0.2, 0.25) is 0 Å². The zero-order chi connectivity index (χ0) is 20.6. The van der Waals surface area contributed by atoms with E-state index in [1.165, 1.54) is 18.7 Å². The minimum Gasteiger partial charge on any atom is -0.493 e. The third-order valence-corrected chi connectivity index (χ3v) is 4.46. The molecule has 2 aromatic carbocycles. The molecule has 150 valence electrons. The monoisotopic (exact) mass is 392 g/mol. The number of aryl methyl sites for hydroxylation is 1.